The molecule has 1 amide bonds. The summed E-state index contributed by atoms with van der Waals surface area (Å²) < 4.78 is 28.4. The van der Waals surface area contributed by atoms with Gasteiger partial charge < -0.3 is 14.7 Å². The summed E-state index contributed by atoms with van der Waals surface area (Å²) in [5.74, 6) is -3.48. The third kappa shape index (κ3) is 2.10. The Morgan fingerprint density at radius 1 is 1.36 bits per heavy atom. The quantitative estimate of drug-likeness (QED) is 0.545. The highest BCUT2D eigenvalue weighted by molar-refractivity contribution is 7.93. The molecule has 0 aromatic rings. The maximum absolute atomic E-state index is 12.5. The number of ether oxygens (including phenoxy) is 1. The van der Waals surface area contributed by atoms with Crippen LogP contribution in [0.25, 0.3) is 0 Å². The lowest BCUT2D eigenvalue weighted by Gasteiger charge is -2.42. The number of hydrogen-bond donors (Lipinski definition) is 1. The van der Waals surface area contributed by atoms with Crippen molar-refractivity contribution in [3.8, 4) is 0 Å². The lowest BCUT2D eigenvalue weighted by Crippen LogP contribution is -2.64. The summed E-state index contributed by atoms with van der Waals surface area (Å²) in [6, 6.07) is -1.42. The SMILES string of the molecule is CCCC(=O)OC[C@H]1C(=O)N2[C@@H](C(=O)O)C(C)(C)S(=O)(=O)[C@H]12. The molecule has 9 heteroatoms. The Labute approximate surface area is 128 Å². The average molecular weight is 333 g/mol. The first-order valence-corrected chi connectivity index (χ1v) is 8.56. The zero-order chi connectivity index (χ0) is 16.9. The van der Waals surface area contributed by atoms with E-state index in [1.807, 2.05) is 0 Å². The number of fused-ring (bicyclic) bond motifs is 1. The largest absolute Gasteiger partial charge is 0.480 e. The molecule has 2 aliphatic heterocycles. The summed E-state index contributed by atoms with van der Waals surface area (Å²) in [5.41, 5.74) is 0. The van der Waals surface area contributed by atoms with Gasteiger partial charge >= 0.3 is 11.9 Å². The number of amides is 1. The van der Waals surface area contributed by atoms with Crippen LogP contribution in [0.15, 0.2) is 0 Å². The summed E-state index contributed by atoms with van der Waals surface area (Å²) in [4.78, 5) is 35.7. The summed E-state index contributed by atoms with van der Waals surface area (Å²) >= 11 is 0. The Morgan fingerprint density at radius 3 is 2.45 bits per heavy atom. The fourth-order valence-electron chi connectivity index (χ4n) is 3.02. The molecule has 0 spiro atoms. The number of carboxylic acid groups (broad SMARTS) is 1. The van der Waals surface area contributed by atoms with E-state index in [-0.39, 0.29) is 13.0 Å². The highest BCUT2D eigenvalue weighted by atomic mass is 32.2. The van der Waals surface area contributed by atoms with E-state index in [2.05, 4.69) is 0 Å². The van der Waals surface area contributed by atoms with Crippen LogP contribution in [-0.2, 0) is 29.0 Å². The molecule has 1 N–H and O–H groups in total. The Balaban J connectivity index is 2.23. The number of hydrogen-bond acceptors (Lipinski definition) is 6. The van der Waals surface area contributed by atoms with Crippen LogP contribution in [0.4, 0.5) is 0 Å². The Hall–Kier alpha value is -1.64. The van der Waals surface area contributed by atoms with Gasteiger partial charge in [-0.1, -0.05) is 6.92 Å². The first-order valence-electron chi connectivity index (χ1n) is 7.01. The molecule has 2 aliphatic rings. The van der Waals surface area contributed by atoms with Crippen LogP contribution < -0.4 is 0 Å². The van der Waals surface area contributed by atoms with Crippen molar-refractivity contribution in [1.82, 2.24) is 4.90 Å². The molecule has 0 aromatic carbocycles. The number of nitrogens with zero attached hydrogens (tertiary/aromatic N) is 1. The second-order valence-corrected chi connectivity index (χ2v) is 8.69. The van der Waals surface area contributed by atoms with Crippen LogP contribution >= 0.6 is 0 Å². The van der Waals surface area contributed by atoms with Crippen molar-refractivity contribution in [2.24, 2.45) is 5.92 Å². The summed E-state index contributed by atoms with van der Waals surface area (Å²) in [6.45, 7) is 4.05. The smallest absolute Gasteiger partial charge is 0.328 e. The van der Waals surface area contributed by atoms with Gasteiger partial charge in [-0.25, -0.2) is 13.2 Å². The Bertz CT molecular complexity index is 624. The van der Waals surface area contributed by atoms with Gasteiger partial charge in [-0.3, -0.25) is 9.59 Å². The zero-order valence-corrected chi connectivity index (χ0v) is 13.4. The minimum atomic E-state index is -3.87. The molecule has 2 fully saturated rings. The topological polar surface area (TPSA) is 118 Å². The van der Waals surface area contributed by atoms with Crippen LogP contribution in [-0.4, -0.2) is 59.0 Å². The molecule has 0 aromatic heterocycles. The standard InChI is InChI=1S/C13H19NO7S/c1-4-5-8(15)21-6-7-10(16)14-9(12(17)18)13(2,3)22(19,20)11(7)14/h7,9,11H,4-6H2,1-3H3,(H,17,18)/t7-,9-,11+/m0/s1. The zero-order valence-electron chi connectivity index (χ0n) is 12.6. The monoisotopic (exact) mass is 333 g/mol. The number of sulfone groups is 1. The van der Waals surface area contributed by atoms with Gasteiger partial charge in [0.15, 0.2) is 15.2 Å². The van der Waals surface area contributed by atoms with Crippen molar-refractivity contribution < 1.29 is 32.6 Å². The van der Waals surface area contributed by atoms with Crippen LogP contribution in [0, 0.1) is 5.92 Å². The normalized spacial score (nSPS) is 31.3. The third-order valence-electron chi connectivity index (χ3n) is 4.29. The number of aliphatic carboxylic acids is 1. The van der Waals surface area contributed by atoms with Crippen LogP contribution in [0.5, 0.6) is 0 Å². The van der Waals surface area contributed by atoms with Crippen molar-refractivity contribution in [3.05, 3.63) is 0 Å². The number of β-lactam (4-membered cyclic amide) rings is 1. The van der Waals surface area contributed by atoms with E-state index in [1.165, 1.54) is 13.8 Å². The summed E-state index contributed by atoms with van der Waals surface area (Å²) in [6.07, 6.45) is 0.769. The maximum Gasteiger partial charge on any atom is 0.328 e. The molecule has 0 saturated carbocycles. The molecule has 124 valence electrons. The number of rotatable bonds is 5. The van der Waals surface area contributed by atoms with Crippen LogP contribution in [0.2, 0.25) is 0 Å². The van der Waals surface area contributed by atoms with E-state index in [4.69, 9.17) is 4.74 Å². The summed E-state index contributed by atoms with van der Waals surface area (Å²) in [5, 5.41) is 8.02. The lowest BCUT2D eigenvalue weighted by molar-refractivity contribution is -0.168. The van der Waals surface area contributed by atoms with Crippen molar-refractivity contribution in [3.63, 3.8) is 0 Å². The molecule has 0 aliphatic carbocycles. The fraction of sp³-hybridized carbons (Fsp3) is 0.769. The molecule has 8 nitrogen and oxygen atoms in total. The molecule has 2 heterocycles. The second-order valence-electron chi connectivity index (χ2n) is 6.06. The van der Waals surface area contributed by atoms with Gasteiger partial charge in [0.05, 0.1) is 4.75 Å². The number of esters is 1. The van der Waals surface area contributed by atoms with Gasteiger partial charge in [0.2, 0.25) is 5.91 Å². The van der Waals surface area contributed by atoms with Gasteiger partial charge in [0, 0.05) is 6.42 Å². The van der Waals surface area contributed by atoms with Crippen molar-refractivity contribution >= 4 is 27.7 Å². The first kappa shape index (κ1) is 16.7. The van der Waals surface area contributed by atoms with Gasteiger partial charge in [-0.05, 0) is 20.3 Å². The fourth-order valence-corrected chi connectivity index (χ4v) is 5.32. The van der Waals surface area contributed by atoms with Gasteiger partial charge in [0.1, 0.15) is 18.6 Å². The Morgan fingerprint density at radius 2 is 1.95 bits per heavy atom. The summed E-state index contributed by atoms with van der Waals surface area (Å²) in [7, 11) is -3.87. The Kier molecular flexibility index (Phi) is 3.97. The van der Waals surface area contributed by atoms with E-state index in [0.29, 0.717) is 6.42 Å². The average Bonchev–Trinajstić information content (AvgIpc) is 2.53. The molecule has 3 atom stereocenters. The molecular weight excluding hydrogens is 314 g/mol. The minimum Gasteiger partial charge on any atom is -0.480 e. The third-order valence-corrected chi connectivity index (χ3v) is 7.17. The van der Waals surface area contributed by atoms with Crippen LogP contribution in [0.3, 0.4) is 0 Å². The highest BCUT2D eigenvalue weighted by Gasteiger charge is 2.72. The van der Waals surface area contributed by atoms with Crippen molar-refractivity contribution in [2.45, 2.75) is 49.8 Å². The van der Waals surface area contributed by atoms with Crippen molar-refractivity contribution in [2.75, 3.05) is 6.61 Å². The first-order chi connectivity index (χ1) is 10.1. The predicted molar refractivity (Wildman–Crippen MR) is 74.4 cm³/mol. The molecule has 0 radical (unpaired) electrons. The number of carboxylic acids is 1. The van der Waals surface area contributed by atoms with E-state index in [0.717, 1.165) is 4.90 Å². The van der Waals surface area contributed by atoms with Gasteiger partial charge in [-0.15, -0.1) is 0 Å². The molecular formula is C13H19NO7S. The molecule has 0 unspecified atom stereocenters. The minimum absolute atomic E-state index is 0.186. The molecule has 22 heavy (non-hydrogen) atoms. The maximum atomic E-state index is 12.5. The second kappa shape index (κ2) is 5.22. The molecule has 0 bridgehead atoms. The highest BCUT2D eigenvalue weighted by Crippen LogP contribution is 2.48. The lowest BCUT2D eigenvalue weighted by atomic mass is 9.92. The van der Waals surface area contributed by atoms with E-state index in [9.17, 15) is 27.9 Å². The number of carbonyl (C=O) groups is 3. The molecule has 2 rings (SSSR count). The number of carbonyl (C=O) groups excluding carboxylic acids is 2. The van der Waals surface area contributed by atoms with E-state index >= 15 is 0 Å². The van der Waals surface area contributed by atoms with Gasteiger partial charge in [0.25, 0.3) is 0 Å². The van der Waals surface area contributed by atoms with E-state index in [1.54, 1.807) is 6.92 Å². The van der Waals surface area contributed by atoms with Crippen molar-refractivity contribution in [1.29, 1.82) is 0 Å². The van der Waals surface area contributed by atoms with Gasteiger partial charge in [-0.2, -0.15) is 0 Å². The molecule has 2 saturated heterocycles. The van der Waals surface area contributed by atoms with E-state index < -0.39 is 49.8 Å². The predicted octanol–water partition coefficient (Wildman–Crippen LogP) is -0.226. The van der Waals surface area contributed by atoms with Crippen LogP contribution in [0.1, 0.15) is 33.6 Å².